The summed E-state index contributed by atoms with van der Waals surface area (Å²) in [6.45, 7) is 8.74. The smallest absolute Gasteiger partial charge is 0.307 e. The van der Waals surface area contributed by atoms with Crippen molar-refractivity contribution in [2.75, 3.05) is 13.7 Å². The molecule has 0 aliphatic rings. The number of nitrogens with one attached hydrogen (secondary N) is 1. The summed E-state index contributed by atoms with van der Waals surface area (Å²) in [7, 11) is 1.42. The second-order valence-corrected chi connectivity index (χ2v) is 5.27. The molecule has 1 aromatic carbocycles. The molecule has 1 aromatic rings. The van der Waals surface area contributed by atoms with E-state index in [4.69, 9.17) is 4.74 Å². The van der Waals surface area contributed by atoms with Crippen LogP contribution in [0, 0.1) is 0 Å². The van der Waals surface area contributed by atoms with E-state index in [-0.39, 0.29) is 12.0 Å². The van der Waals surface area contributed by atoms with Gasteiger partial charge in [0.2, 0.25) is 0 Å². The molecule has 1 rings (SSSR count). The number of hydrogen-bond acceptors (Lipinski definition) is 3. The van der Waals surface area contributed by atoms with Crippen LogP contribution in [0.15, 0.2) is 36.9 Å². The van der Waals surface area contributed by atoms with Crippen molar-refractivity contribution in [2.45, 2.75) is 38.6 Å². The fourth-order valence-corrected chi connectivity index (χ4v) is 2.07. The van der Waals surface area contributed by atoms with Gasteiger partial charge in [-0.05, 0) is 23.5 Å². The zero-order chi connectivity index (χ0) is 15.0. The fraction of sp³-hybridized carbons (Fsp3) is 0.471. The van der Waals surface area contributed by atoms with E-state index in [0.717, 1.165) is 6.42 Å². The molecule has 0 aromatic heterocycles. The van der Waals surface area contributed by atoms with Crippen LogP contribution in [0.2, 0.25) is 0 Å². The van der Waals surface area contributed by atoms with Crippen molar-refractivity contribution < 1.29 is 9.53 Å². The van der Waals surface area contributed by atoms with E-state index in [0.29, 0.717) is 18.9 Å². The molecule has 0 heterocycles. The van der Waals surface area contributed by atoms with Crippen molar-refractivity contribution in [3.8, 4) is 0 Å². The van der Waals surface area contributed by atoms with Crippen molar-refractivity contribution in [3.05, 3.63) is 48.0 Å². The predicted molar refractivity (Wildman–Crippen MR) is 82.9 cm³/mol. The molecule has 0 saturated carbocycles. The maximum Gasteiger partial charge on any atom is 0.307 e. The third kappa shape index (κ3) is 5.57. The molecule has 0 saturated heterocycles. The summed E-state index contributed by atoms with van der Waals surface area (Å²) in [5.74, 6) is 0.346. The van der Waals surface area contributed by atoms with Gasteiger partial charge in [0.05, 0.1) is 13.5 Å². The van der Waals surface area contributed by atoms with E-state index in [1.807, 2.05) is 0 Å². The first-order valence-corrected chi connectivity index (χ1v) is 7.06. The second-order valence-electron chi connectivity index (χ2n) is 5.27. The Balaban J connectivity index is 2.67. The molecule has 1 unspecified atom stereocenters. The Labute approximate surface area is 122 Å². The number of hydrogen-bond donors (Lipinski definition) is 1. The third-order valence-electron chi connectivity index (χ3n) is 3.32. The second kappa shape index (κ2) is 8.54. The highest BCUT2D eigenvalue weighted by atomic mass is 16.5. The molecular formula is C17H25NO2. The number of carbonyl (C=O) groups is 1. The van der Waals surface area contributed by atoms with Crippen molar-refractivity contribution in [3.63, 3.8) is 0 Å². The molecule has 0 aliphatic heterocycles. The molecule has 0 bridgehead atoms. The van der Waals surface area contributed by atoms with Crippen LogP contribution in [-0.2, 0) is 16.0 Å². The Bertz CT molecular complexity index is 423. The first-order valence-electron chi connectivity index (χ1n) is 7.06. The van der Waals surface area contributed by atoms with Crippen LogP contribution < -0.4 is 5.32 Å². The van der Waals surface area contributed by atoms with Crippen LogP contribution in [0.3, 0.4) is 0 Å². The monoisotopic (exact) mass is 275 g/mol. The Morgan fingerprint density at radius 1 is 1.35 bits per heavy atom. The number of methoxy groups -OCH3 is 1. The molecule has 0 fully saturated rings. The molecule has 0 spiro atoms. The Hall–Kier alpha value is -1.61. The molecule has 3 nitrogen and oxygen atoms in total. The Kier molecular flexibility index (Phi) is 7.02. The average Bonchev–Trinajstić information content (AvgIpc) is 2.45. The lowest BCUT2D eigenvalue weighted by Gasteiger charge is -2.17. The van der Waals surface area contributed by atoms with Gasteiger partial charge in [-0.2, -0.15) is 0 Å². The predicted octanol–water partition coefficient (Wildman–Crippen LogP) is 3.06. The van der Waals surface area contributed by atoms with Gasteiger partial charge in [0.1, 0.15) is 0 Å². The van der Waals surface area contributed by atoms with Crippen molar-refractivity contribution in [2.24, 2.45) is 0 Å². The van der Waals surface area contributed by atoms with E-state index in [1.54, 1.807) is 6.08 Å². The van der Waals surface area contributed by atoms with Crippen LogP contribution in [0.4, 0.5) is 0 Å². The Morgan fingerprint density at radius 2 is 2.00 bits per heavy atom. The van der Waals surface area contributed by atoms with Crippen molar-refractivity contribution in [1.29, 1.82) is 0 Å². The van der Waals surface area contributed by atoms with Gasteiger partial charge in [-0.3, -0.25) is 4.79 Å². The molecular weight excluding hydrogens is 250 g/mol. The topological polar surface area (TPSA) is 38.3 Å². The van der Waals surface area contributed by atoms with Crippen LogP contribution in [-0.4, -0.2) is 25.7 Å². The molecule has 1 atom stereocenters. The molecule has 0 amide bonds. The van der Waals surface area contributed by atoms with E-state index < -0.39 is 0 Å². The Morgan fingerprint density at radius 3 is 2.50 bits per heavy atom. The van der Waals surface area contributed by atoms with Gasteiger partial charge in [-0.15, -0.1) is 6.58 Å². The van der Waals surface area contributed by atoms with E-state index in [1.165, 1.54) is 18.2 Å². The lowest BCUT2D eigenvalue weighted by molar-refractivity contribution is -0.141. The first kappa shape index (κ1) is 16.4. The van der Waals surface area contributed by atoms with Gasteiger partial charge in [-0.25, -0.2) is 0 Å². The summed E-state index contributed by atoms with van der Waals surface area (Å²) in [4.78, 5) is 11.4. The van der Waals surface area contributed by atoms with Crippen LogP contribution in [0.25, 0.3) is 0 Å². The van der Waals surface area contributed by atoms with Crippen LogP contribution >= 0.6 is 0 Å². The number of esters is 1. The number of rotatable bonds is 8. The van der Waals surface area contributed by atoms with E-state index >= 15 is 0 Å². The summed E-state index contributed by atoms with van der Waals surface area (Å²) in [6, 6.07) is 8.65. The minimum absolute atomic E-state index is 0.0744. The van der Waals surface area contributed by atoms with Gasteiger partial charge >= 0.3 is 5.97 Å². The summed E-state index contributed by atoms with van der Waals surface area (Å²) in [6.07, 6.45) is 2.98. The minimum Gasteiger partial charge on any atom is -0.469 e. The highest BCUT2D eigenvalue weighted by molar-refractivity contribution is 5.70. The lowest BCUT2D eigenvalue weighted by atomic mass is 9.98. The van der Waals surface area contributed by atoms with Crippen LogP contribution in [0.5, 0.6) is 0 Å². The van der Waals surface area contributed by atoms with Gasteiger partial charge in [-0.1, -0.05) is 44.2 Å². The molecule has 0 aliphatic carbocycles. The highest BCUT2D eigenvalue weighted by Crippen LogP contribution is 2.16. The SMILES string of the molecule is C=CCNC(CC(=O)OC)Cc1ccc(C(C)C)cc1. The van der Waals surface area contributed by atoms with Gasteiger partial charge in [0.15, 0.2) is 0 Å². The zero-order valence-corrected chi connectivity index (χ0v) is 12.7. The normalized spacial score (nSPS) is 12.2. The summed E-state index contributed by atoms with van der Waals surface area (Å²) in [5, 5.41) is 3.30. The lowest BCUT2D eigenvalue weighted by Crippen LogP contribution is -2.33. The molecule has 0 radical (unpaired) electrons. The maximum absolute atomic E-state index is 11.4. The minimum atomic E-state index is -0.189. The quantitative estimate of drug-likeness (QED) is 0.585. The maximum atomic E-state index is 11.4. The zero-order valence-electron chi connectivity index (χ0n) is 12.7. The van der Waals surface area contributed by atoms with Gasteiger partial charge < -0.3 is 10.1 Å². The van der Waals surface area contributed by atoms with E-state index in [2.05, 4.69) is 50.0 Å². The standard InChI is InChI=1S/C17H25NO2/c1-5-10-18-16(12-17(19)20-4)11-14-6-8-15(9-7-14)13(2)3/h5-9,13,16,18H,1,10-12H2,2-4H3. The highest BCUT2D eigenvalue weighted by Gasteiger charge is 2.14. The third-order valence-corrected chi connectivity index (χ3v) is 3.32. The van der Waals surface area contributed by atoms with Gasteiger partial charge in [0, 0.05) is 12.6 Å². The largest absolute Gasteiger partial charge is 0.469 e. The number of ether oxygens (including phenoxy) is 1. The average molecular weight is 275 g/mol. The summed E-state index contributed by atoms with van der Waals surface area (Å²) in [5.41, 5.74) is 2.55. The van der Waals surface area contributed by atoms with Crippen molar-refractivity contribution in [1.82, 2.24) is 5.32 Å². The number of carbonyl (C=O) groups excluding carboxylic acids is 1. The van der Waals surface area contributed by atoms with Crippen molar-refractivity contribution >= 4 is 5.97 Å². The van der Waals surface area contributed by atoms with E-state index in [9.17, 15) is 4.79 Å². The summed E-state index contributed by atoms with van der Waals surface area (Å²) >= 11 is 0. The molecule has 1 N–H and O–H groups in total. The van der Waals surface area contributed by atoms with Crippen LogP contribution in [0.1, 0.15) is 37.3 Å². The fourth-order valence-electron chi connectivity index (χ4n) is 2.07. The molecule has 20 heavy (non-hydrogen) atoms. The summed E-state index contributed by atoms with van der Waals surface area (Å²) < 4.78 is 4.74. The first-order chi connectivity index (χ1) is 9.56. The molecule has 110 valence electrons. The number of benzene rings is 1. The molecule has 3 heteroatoms. The van der Waals surface area contributed by atoms with Gasteiger partial charge in [0.25, 0.3) is 0 Å².